The van der Waals surface area contributed by atoms with Crippen molar-refractivity contribution < 1.29 is 18.5 Å². The molecule has 1 unspecified atom stereocenters. The Balaban J connectivity index is 1.33. The molecule has 0 bridgehead atoms. The maximum absolute atomic E-state index is 16.0. The van der Waals surface area contributed by atoms with Crippen molar-refractivity contribution in [2.75, 3.05) is 19.0 Å². The van der Waals surface area contributed by atoms with E-state index in [0.29, 0.717) is 24.9 Å². The zero-order chi connectivity index (χ0) is 33.6. The van der Waals surface area contributed by atoms with Gasteiger partial charge in [0.1, 0.15) is 16.5 Å². The van der Waals surface area contributed by atoms with Crippen LogP contribution < -0.4 is 14.8 Å². The van der Waals surface area contributed by atoms with E-state index < -0.39 is 21.5 Å². The molecule has 9 nitrogen and oxygen atoms in total. The second-order valence-electron chi connectivity index (χ2n) is 13.1. The van der Waals surface area contributed by atoms with Crippen molar-refractivity contribution >= 4 is 21.6 Å². The topological polar surface area (TPSA) is 107 Å². The second-order valence-corrected chi connectivity index (χ2v) is 15.0. The number of hydrogen-bond acceptors (Lipinski definition) is 6. The first-order valence-electron chi connectivity index (χ1n) is 16.8. The van der Waals surface area contributed by atoms with Crippen molar-refractivity contribution in [2.24, 2.45) is 4.36 Å². The summed E-state index contributed by atoms with van der Waals surface area (Å²) < 4.78 is 37.5. The van der Waals surface area contributed by atoms with Crippen molar-refractivity contribution in [1.29, 1.82) is 0 Å². The van der Waals surface area contributed by atoms with E-state index >= 15 is 4.21 Å². The molecule has 250 valence electrons. The molecule has 10 heteroatoms. The third-order valence-electron chi connectivity index (χ3n) is 9.92. The number of aryl methyl sites for hydroxylation is 1. The van der Waals surface area contributed by atoms with E-state index in [1.165, 1.54) is 28.5 Å². The Kier molecular flexibility index (Phi) is 8.00. The van der Waals surface area contributed by atoms with Gasteiger partial charge in [0, 0.05) is 12.8 Å². The average Bonchev–Trinajstić information content (AvgIpc) is 3.85. The van der Waals surface area contributed by atoms with E-state index in [1.807, 2.05) is 91.0 Å². The lowest BCUT2D eigenvalue weighted by Crippen LogP contribution is -2.38. The SMILES string of the molecule is COC[C@@H]1Cn2ncc(S(=O)(=NC(c3ccccc3)(c3ccccc3)c3ccccc3)NC(=O)Nc3c4c(cc5c3[C@H](C)C5)CCC4)c2O1. The Labute approximate surface area is 287 Å². The third-order valence-corrected chi connectivity index (χ3v) is 11.8. The lowest BCUT2D eigenvalue weighted by Gasteiger charge is -2.33. The zero-order valence-corrected chi connectivity index (χ0v) is 28.4. The van der Waals surface area contributed by atoms with E-state index in [0.717, 1.165) is 48.1 Å². The number of carbonyl (C=O) groups is 1. The molecule has 4 aromatic carbocycles. The molecule has 3 aliphatic rings. The fourth-order valence-corrected chi connectivity index (χ4v) is 9.57. The maximum Gasteiger partial charge on any atom is 0.331 e. The zero-order valence-electron chi connectivity index (χ0n) is 27.6. The molecule has 2 N–H and O–H groups in total. The molecule has 49 heavy (non-hydrogen) atoms. The number of urea groups is 1. The largest absolute Gasteiger partial charge is 0.469 e. The number of benzene rings is 4. The Bertz CT molecular complexity index is 2040. The predicted molar refractivity (Wildman–Crippen MR) is 189 cm³/mol. The summed E-state index contributed by atoms with van der Waals surface area (Å²) in [7, 11) is -2.22. The van der Waals surface area contributed by atoms with Crippen LogP contribution in [0.3, 0.4) is 0 Å². The van der Waals surface area contributed by atoms with Crippen molar-refractivity contribution in [2.45, 2.75) is 61.6 Å². The quantitative estimate of drug-likeness (QED) is 0.164. The number of amides is 2. The molecule has 2 amide bonds. The van der Waals surface area contributed by atoms with E-state index in [1.54, 1.807) is 11.8 Å². The third kappa shape index (κ3) is 5.39. The standard InChI is InChI=1S/C39H39N5O4S/c1-26-21-28-22-27-13-12-20-33(27)36(35(26)28)41-38(45)42-49(46,34-23-40-44-24-32(25-47-2)48-37(34)44)43-39(29-14-6-3-7-15-29,30-16-8-4-9-17-30)31-18-10-5-11-19-31/h3-11,14-19,22-23,26,32H,12-13,20-21,24-25H2,1-2H3,(H2,41,42,43,45,46)/t26-,32+,49?/m1/s1. The Morgan fingerprint density at radius 1 is 0.980 bits per heavy atom. The first-order valence-corrected chi connectivity index (χ1v) is 18.3. The normalized spacial score (nSPS) is 18.7. The van der Waals surface area contributed by atoms with Gasteiger partial charge in [0.15, 0.2) is 9.92 Å². The van der Waals surface area contributed by atoms with Gasteiger partial charge in [-0.3, -0.25) is 0 Å². The van der Waals surface area contributed by atoms with E-state index in [-0.39, 0.29) is 11.0 Å². The molecule has 0 saturated carbocycles. The molecule has 8 rings (SSSR count). The molecule has 0 saturated heterocycles. The van der Waals surface area contributed by atoms with Gasteiger partial charge in [-0.25, -0.2) is 18.4 Å². The van der Waals surface area contributed by atoms with Crippen LogP contribution in [0.25, 0.3) is 0 Å². The summed E-state index contributed by atoms with van der Waals surface area (Å²) in [5.74, 6) is 0.634. The van der Waals surface area contributed by atoms with Gasteiger partial charge in [-0.2, -0.15) is 9.46 Å². The molecule has 0 spiro atoms. The van der Waals surface area contributed by atoms with Gasteiger partial charge in [0.2, 0.25) is 5.88 Å². The van der Waals surface area contributed by atoms with Crippen LogP contribution in [0.1, 0.15) is 58.2 Å². The predicted octanol–water partition coefficient (Wildman–Crippen LogP) is 6.99. The average molecular weight is 674 g/mol. The lowest BCUT2D eigenvalue weighted by atomic mass is 9.75. The van der Waals surface area contributed by atoms with Gasteiger partial charge >= 0.3 is 6.03 Å². The number of methoxy groups -OCH3 is 1. The smallest absolute Gasteiger partial charge is 0.331 e. The number of ether oxygens (including phenoxy) is 2. The van der Waals surface area contributed by atoms with Gasteiger partial charge in [-0.15, -0.1) is 0 Å². The summed E-state index contributed by atoms with van der Waals surface area (Å²) in [6.07, 6.45) is 5.11. The van der Waals surface area contributed by atoms with Crippen molar-refractivity contribution in [1.82, 2.24) is 14.5 Å². The van der Waals surface area contributed by atoms with Crippen molar-refractivity contribution in [3.05, 3.63) is 142 Å². The number of carbonyl (C=O) groups excluding carboxylic acids is 1. The highest BCUT2D eigenvalue weighted by atomic mass is 32.2. The fourth-order valence-electron chi connectivity index (χ4n) is 7.74. The van der Waals surface area contributed by atoms with Crippen LogP contribution in [0.15, 0.2) is 113 Å². The molecule has 1 aliphatic heterocycles. The van der Waals surface area contributed by atoms with Gasteiger partial charge < -0.3 is 14.8 Å². The number of fused-ring (bicyclic) bond motifs is 3. The molecule has 2 aliphatic carbocycles. The summed E-state index contributed by atoms with van der Waals surface area (Å²) in [6, 6.07) is 31.1. The second kappa shape index (κ2) is 12.5. The highest BCUT2D eigenvalue weighted by Crippen LogP contribution is 2.46. The molecular formula is C39H39N5O4S. The summed E-state index contributed by atoms with van der Waals surface area (Å²) in [6.45, 7) is 2.94. The molecule has 1 aromatic heterocycles. The highest BCUT2D eigenvalue weighted by Gasteiger charge is 2.41. The summed E-state index contributed by atoms with van der Waals surface area (Å²) in [5, 5.41) is 7.73. The van der Waals surface area contributed by atoms with Crippen LogP contribution >= 0.6 is 0 Å². The fraction of sp³-hybridized carbons (Fsp3) is 0.282. The van der Waals surface area contributed by atoms with Crippen LogP contribution in [0.2, 0.25) is 0 Å². The van der Waals surface area contributed by atoms with Gasteiger partial charge in [0.25, 0.3) is 0 Å². The number of rotatable bonds is 9. The summed E-state index contributed by atoms with van der Waals surface area (Å²) in [5.41, 5.74) is 6.84. The molecule has 0 radical (unpaired) electrons. The van der Waals surface area contributed by atoms with E-state index in [2.05, 4.69) is 28.1 Å². The van der Waals surface area contributed by atoms with Crippen molar-refractivity contribution in [3.63, 3.8) is 0 Å². The number of hydrogen-bond donors (Lipinski definition) is 2. The summed E-state index contributed by atoms with van der Waals surface area (Å²) in [4.78, 5) is 14.5. The van der Waals surface area contributed by atoms with Gasteiger partial charge in [-0.05, 0) is 70.5 Å². The molecule has 2 heterocycles. The molecular weight excluding hydrogens is 635 g/mol. The molecule has 3 atom stereocenters. The Morgan fingerprint density at radius 2 is 1.61 bits per heavy atom. The van der Waals surface area contributed by atoms with Crippen LogP contribution in [-0.2, 0) is 46.0 Å². The first kappa shape index (κ1) is 31.3. The minimum absolute atomic E-state index is 0.202. The van der Waals surface area contributed by atoms with Crippen LogP contribution in [0.4, 0.5) is 10.5 Å². The lowest BCUT2D eigenvalue weighted by molar-refractivity contribution is 0.0920. The number of nitrogens with one attached hydrogen (secondary N) is 2. The maximum atomic E-state index is 16.0. The van der Waals surface area contributed by atoms with Crippen LogP contribution in [-0.4, -0.2) is 39.8 Å². The molecule has 0 fully saturated rings. The van der Waals surface area contributed by atoms with Crippen molar-refractivity contribution in [3.8, 4) is 5.88 Å². The Morgan fingerprint density at radius 3 is 2.20 bits per heavy atom. The number of nitrogens with zero attached hydrogens (tertiary/aromatic N) is 3. The van der Waals surface area contributed by atoms with E-state index in [9.17, 15) is 4.79 Å². The van der Waals surface area contributed by atoms with Gasteiger partial charge in [-0.1, -0.05) is 104 Å². The number of anilines is 1. The van der Waals surface area contributed by atoms with Crippen LogP contribution in [0.5, 0.6) is 5.88 Å². The molecule has 5 aromatic rings. The first-order chi connectivity index (χ1) is 23.9. The van der Waals surface area contributed by atoms with Gasteiger partial charge in [0.05, 0.1) is 19.3 Å². The minimum Gasteiger partial charge on any atom is -0.469 e. The minimum atomic E-state index is -3.83. The highest BCUT2D eigenvalue weighted by molar-refractivity contribution is 7.92. The Hall–Kier alpha value is -4.93. The monoisotopic (exact) mass is 673 g/mol. The van der Waals surface area contributed by atoms with Crippen LogP contribution in [0, 0.1) is 0 Å². The summed E-state index contributed by atoms with van der Waals surface area (Å²) >= 11 is 0. The van der Waals surface area contributed by atoms with E-state index in [4.69, 9.17) is 13.8 Å². The number of aromatic nitrogens is 2.